The van der Waals surface area contributed by atoms with Crippen LogP contribution in [0.2, 0.25) is 0 Å². The number of hydrogen-bond donors (Lipinski definition) is 3. The van der Waals surface area contributed by atoms with Gasteiger partial charge in [-0.1, -0.05) is 15.9 Å². The van der Waals surface area contributed by atoms with Crippen LogP contribution >= 0.6 is 31.9 Å². The van der Waals surface area contributed by atoms with E-state index in [9.17, 15) is 9.90 Å². The Morgan fingerprint density at radius 3 is 2.50 bits per heavy atom. The lowest BCUT2D eigenvalue weighted by molar-refractivity contribution is -0.138. The van der Waals surface area contributed by atoms with E-state index >= 15 is 0 Å². The van der Waals surface area contributed by atoms with Gasteiger partial charge < -0.3 is 15.9 Å². The number of rotatable bonds is 2. The lowest BCUT2D eigenvalue weighted by Gasteiger charge is -2.10. The third-order valence-corrected chi connectivity index (χ3v) is 2.72. The maximum Gasteiger partial charge on any atom is 0.325 e. The Morgan fingerprint density at radius 1 is 1.43 bits per heavy atom. The Labute approximate surface area is 97.0 Å². The maximum atomic E-state index is 10.6. The number of nitrogens with two attached hydrogens (primary N) is 1. The Kier molecular flexibility index (Phi) is 3.52. The first kappa shape index (κ1) is 11.5. The van der Waals surface area contributed by atoms with Crippen LogP contribution in [0.4, 0.5) is 0 Å². The molecule has 0 aliphatic heterocycles. The average molecular weight is 325 g/mol. The van der Waals surface area contributed by atoms with Gasteiger partial charge in [-0.25, -0.2) is 0 Å². The summed E-state index contributed by atoms with van der Waals surface area (Å²) in [6.45, 7) is 0. The van der Waals surface area contributed by atoms with E-state index < -0.39 is 12.0 Å². The van der Waals surface area contributed by atoms with Gasteiger partial charge >= 0.3 is 5.97 Å². The molecule has 1 aromatic rings. The second-order valence-electron chi connectivity index (χ2n) is 2.64. The molecule has 0 bridgehead atoms. The van der Waals surface area contributed by atoms with Gasteiger partial charge in [0, 0.05) is 10.0 Å². The number of carboxylic acid groups (broad SMARTS) is 1. The van der Waals surface area contributed by atoms with Crippen LogP contribution < -0.4 is 5.73 Å². The number of carbonyl (C=O) groups is 1. The second-order valence-corrected chi connectivity index (χ2v) is 4.41. The molecule has 0 saturated carbocycles. The van der Waals surface area contributed by atoms with Crippen molar-refractivity contribution in [2.45, 2.75) is 6.04 Å². The van der Waals surface area contributed by atoms with Crippen LogP contribution in [0.3, 0.4) is 0 Å². The fourth-order valence-corrected chi connectivity index (χ4v) is 2.21. The molecule has 14 heavy (non-hydrogen) atoms. The van der Waals surface area contributed by atoms with Crippen LogP contribution in [-0.2, 0) is 4.79 Å². The van der Waals surface area contributed by atoms with Gasteiger partial charge in [-0.2, -0.15) is 0 Å². The molecule has 76 valence electrons. The minimum absolute atomic E-state index is 0.150. The minimum atomic E-state index is -1.23. The zero-order valence-corrected chi connectivity index (χ0v) is 10.0. The standard InChI is InChI=1S/C8H7Br2NO3/c9-3-1-4(6(11)8(13)14)7(12)5(10)2-3/h1-2,6,12H,11H2,(H,13,14). The van der Waals surface area contributed by atoms with Gasteiger partial charge in [-0.05, 0) is 28.1 Å². The molecular formula is C8H7Br2NO3. The summed E-state index contributed by atoms with van der Waals surface area (Å²) in [5.41, 5.74) is 5.54. The van der Waals surface area contributed by atoms with Gasteiger partial charge in [-0.3, -0.25) is 4.79 Å². The molecule has 0 fully saturated rings. The molecule has 1 rings (SSSR count). The maximum absolute atomic E-state index is 10.6. The summed E-state index contributed by atoms with van der Waals surface area (Å²) in [7, 11) is 0. The molecule has 4 N–H and O–H groups in total. The van der Waals surface area contributed by atoms with Gasteiger partial charge in [0.1, 0.15) is 11.8 Å². The molecule has 0 spiro atoms. The van der Waals surface area contributed by atoms with Crippen LogP contribution in [0.15, 0.2) is 21.1 Å². The molecule has 0 amide bonds. The molecule has 0 saturated heterocycles. The first-order valence-electron chi connectivity index (χ1n) is 3.59. The van der Waals surface area contributed by atoms with Crippen molar-refractivity contribution in [2.24, 2.45) is 5.73 Å². The Bertz CT molecular complexity index is 381. The summed E-state index contributed by atoms with van der Waals surface area (Å²) in [4.78, 5) is 10.6. The second kappa shape index (κ2) is 4.29. The monoisotopic (exact) mass is 323 g/mol. The van der Waals surface area contributed by atoms with Crippen LogP contribution in [0.5, 0.6) is 5.75 Å². The predicted octanol–water partition coefficient (Wildman–Crippen LogP) is 2.00. The van der Waals surface area contributed by atoms with Gasteiger partial charge in [0.05, 0.1) is 4.47 Å². The Balaban J connectivity index is 3.26. The van der Waals surface area contributed by atoms with Crippen LogP contribution in [0.1, 0.15) is 11.6 Å². The van der Waals surface area contributed by atoms with E-state index in [1.807, 2.05) is 0 Å². The minimum Gasteiger partial charge on any atom is -0.506 e. The van der Waals surface area contributed by atoms with Crippen molar-refractivity contribution in [3.8, 4) is 5.75 Å². The first-order chi connectivity index (χ1) is 6.43. The van der Waals surface area contributed by atoms with Crippen molar-refractivity contribution in [2.75, 3.05) is 0 Å². The zero-order chi connectivity index (χ0) is 10.9. The highest BCUT2D eigenvalue weighted by atomic mass is 79.9. The summed E-state index contributed by atoms with van der Waals surface area (Å²) >= 11 is 6.26. The number of aromatic hydroxyl groups is 1. The van der Waals surface area contributed by atoms with E-state index in [1.54, 1.807) is 6.07 Å². The van der Waals surface area contributed by atoms with E-state index in [2.05, 4.69) is 31.9 Å². The van der Waals surface area contributed by atoms with E-state index in [0.717, 1.165) is 0 Å². The summed E-state index contributed by atoms with van der Waals surface area (Å²) in [5, 5.41) is 18.2. The van der Waals surface area contributed by atoms with E-state index in [4.69, 9.17) is 10.8 Å². The SMILES string of the molecule is NC(C(=O)O)c1cc(Br)cc(Br)c1O. The molecule has 6 heteroatoms. The van der Waals surface area contributed by atoms with Gasteiger partial charge in [0.2, 0.25) is 0 Å². The zero-order valence-electron chi connectivity index (χ0n) is 6.87. The molecule has 0 aliphatic rings. The van der Waals surface area contributed by atoms with E-state index in [0.29, 0.717) is 8.95 Å². The summed E-state index contributed by atoms with van der Waals surface area (Å²) in [6.07, 6.45) is 0. The van der Waals surface area contributed by atoms with E-state index in [1.165, 1.54) is 6.07 Å². The van der Waals surface area contributed by atoms with Crippen LogP contribution in [-0.4, -0.2) is 16.2 Å². The lowest BCUT2D eigenvalue weighted by Crippen LogP contribution is -2.20. The average Bonchev–Trinajstić information content (AvgIpc) is 2.09. The molecule has 0 aromatic heterocycles. The molecular weight excluding hydrogens is 318 g/mol. The number of phenols is 1. The highest BCUT2D eigenvalue weighted by Gasteiger charge is 2.20. The smallest absolute Gasteiger partial charge is 0.325 e. The molecule has 1 unspecified atom stereocenters. The first-order valence-corrected chi connectivity index (χ1v) is 5.18. The van der Waals surface area contributed by atoms with Crippen LogP contribution in [0.25, 0.3) is 0 Å². The van der Waals surface area contributed by atoms with E-state index in [-0.39, 0.29) is 11.3 Å². The topological polar surface area (TPSA) is 83.6 Å². The molecule has 1 atom stereocenters. The number of phenolic OH excluding ortho intramolecular Hbond substituents is 1. The third kappa shape index (κ3) is 2.26. The predicted molar refractivity (Wildman–Crippen MR) is 58.1 cm³/mol. The highest BCUT2D eigenvalue weighted by molar-refractivity contribution is 9.11. The van der Waals surface area contributed by atoms with Crippen LogP contribution in [0, 0.1) is 0 Å². The molecule has 4 nitrogen and oxygen atoms in total. The molecule has 1 aromatic carbocycles. The van der Waals surface area contributed by atoms with Crippen molar-refractivity contribution >= 4 is 37.8 Å². The molecule has 0 radical (unpaired) electrons. The van der Waals surface area contributed by atoms with Crippen molar-refractivity contribution in [3.63, 3.8) is 0 Å². The summed E-state index contributed by atoms with van der Waals surface area (Å²) < 4.78 is 1.05. The Hall–Kier alpha value is -0.590. The van der Waals surface area contributed by atoms with Gasteiger partial charge in [-0.15, -0.1) is 0 Å². The fourth-order valence-electron chi connectivity index (χ4n) is 0.956. The summed E-state index contributed by atoms with van der Waals surface area (Å²) in [6, 6.07) is 1.84. The number of halogens is 2. The Morgan fingerprint density at radius 2 is 2.00 bits per heavy atom. The number of benzene rings is 1. The fraction of sp³-hybridized carbons (Fsp3) is 0.125. The van der Waals surface area contributed by atoms with Gasteiger partial charge in [0.15, 0.2) is 0 Å². The van der Waals surface area contributed by atoms with Gasteiger partial charge in [0.25, 0.3) is 0 Å². The number of aliphatic carboxylic acids is 1. The van der Waals surface area contributed by atoms with Crippen molar-refractivity contribution in [1.82, 2.24) is 0 Å². The number of carboxylic acids is 1. The summed E-state index contributed by atoms with van der Waals surface area (Å²) in [5.74, 6) is -1.34. The number of hydrogen-bond acceptors (Lipinski definition) is 3. The molecule has 0 heterocycles. The normalized spacial score (nSPS) is 12.5. The largest absolute Gasteiger partial charge is 0.506 e. The lowest BCUT2D eigenvalue weighted by atomic mass is 10.1. The quantitative estimate of drug-likeness (QED) is 0.777. The van der Waals surface area contributed by atoms with Crippen molar-refractivity contribution in [1.29, 1.82) is 0 Å². The van der Waals surface area contributed by atoms with Crippen molar-refractivity contribution in [3.05, 3.63) is 26.6 Å². The highest BCUT2D eigenvalue weighted by Crippen LogP contribution is 2.34. The van der Waals surface area contributed by atoms with Crippen molar-refractivity contribution < 1.29 is 15.0 Å². The third-order valence-electron chi connectivity index (χ3n) is 1.66. The molecule has 0 aliphatic carbocycles.